The van der Waals surface area contributed by atoms with Crippen molar-refractivity contribution in [3.05, 3.63) is 45.8 Å². The summed E-state index contributed by atoms with van der Waals surface area (Å²) in [7, 11) is 0. The van der Waals surface area contributed by atoms with Crippen LogP contribution in [-0.4, -0.2) is 22.9 Å². The number of hydrogen-bond acceptors (Lipinski definition) is 3. The lowest BCUT2D eigenvalue weighted by Gasteiger charge is -2.16. The Morgan fingerprint density at radius 2 is 1.94 bits per heavy atom. The summed E-state index contributed by atoms with van der Waals surface area (Å²) in [6, 6.07) is 7.44. The molecule has 1 aromatic carbocycles. The zero-order valence-corrected chi connectivity index (χ0v) is 9.82. The predicted molar refractivity (Wildman–Crippen MR) is 65.4 cm³/mol. The van der Waals surface area contributed by atoms with Crippen molar-refractivity contribution < 1.29 is 10.2 Å². The summed E-state index contributed by atoms with van der Waals surface area (Å²) in [6.07, 6.45) is -0.0156. The second-order valence-corrected chi connectivity index (χ2v) is 3.92. The van der Waals surface area contributed by atoms with Gasteiger partial charge in [-0.25, -0.2) is 0 Å². The largest absolute Gasteiger partial charge is 0.390 e. The van der Waals surface area contributed by atoms with Gasteiger partial charge in [0.15, 0.2) is 0 Å². The first kappa shape index (κ1) is 13.5. The molecule has 0 aliphatic carbocycles. The van der Waals surface area contributed by atoms with Crippen LogP contribution >= 0.6 is 0 Å². The van der Waals surface area contributed by atoms with Gasteiger partial charge in [0, 0.05) is 4.91 Å². The number of hydrogen-bond donors (Lipinski definition) is 2. The molecule has 2 N–H and O–H groups in total. The van der Waals surface area contributed by atoms with E-state index < -0.39 is 12.2 Å². The number of nitrogens with zero attached hydrogens (tertiary/aromatic N) is 3. The van der Waals surface area contributed by atoms with Crippen LogP contribution in [0.3, 0.4) is 0 Å². The topological polar surface area (TPSA) is 89.2 Å². The maximum atomic E-state index is 9.80. The monoisotopic (exact) mass is 235 g/mol. The molecule has 0 bridgehead atoms. The molecule has 92 valence electrons. The predicted octanol–water partition coefficient (Wildman–Crippen LogP) is 2.34. The molecule has 0 aromatic heterocycles. The van der Waals surface area contributed by atoms with Crippen LogP contribution in [0.15, 0.2) is 29.4 Å². The number of benzene rings is 1. The van der Waals surface area contributed by atoms with E-state index in [9.17, 15) is 10.2 Å². The first-order valence-corrected chi connectivity index (χ1v) is 5.64. The quantitative estimate of drug-likeness (QED) is 0.450. The summed E-state index contributed by atoms with van der Waals surface area (Å²) >= 11 is 0. The Labute approximate surface area is 100 Å². The molecule has 0 amide bonds. The number of aryl methyl sites for hydroxylation is 1. The van der Waals surface area contributed by atoms with Gasteiger partial charge in [-0.05, 0) is 23.1 Å². The minimum Gasteiger partial charge on any atom is -0.390 e. The molecule has 0 spiro atoms. The molecular weight excluding hydrogens is 218 g/mol. The standard InChI is InChI=1S/C12H17N3O2/c1-2-3-9-4-6-10(7-5-9)12(17)11(16)8-14-15-13/h4-7,11-12,16-17H,2-3,8H2,1H3. The van der Waals surface area contributed by atoms with Gasteiger partial charge in [-0.2, -0.15) is 0 Å². The molecule has 2 unspecified atom stereocenters. The van der Waals surface area contributed by atoms with Gasteiger partial charge in [-0.15, -0.1) is 0 Å². The van der Waals surface area contributed by atoms with Crippen LogP contribution in [0, 0.1) is 0 Å². The van der Waals surface area contributed by atoms with E-state index in [4.69, 9.17) is 5.53 Å². The molecule has 2 atom stereocenters. The fraction of sp³-hybridized carbons (Fsp3) is 0.500. The smallest absolute Gasteiger partial charge is 0.105 e. The fourth-order valence-electron chi connectivity index (χ4n) is 1.61. The van der Waals surface area contributed by atoms with Crippen LogP contribution in [0.5, 0.6) is 0 Å². The van der Waals surface area contributed by atoms with E-state index in [2.05, 4.69) is 16.9 Å². The first-order chi connectivity index (χ1) is 8.19. The first-order valence-electron chi connectivity index (χ1n) is 5.64. The third-order valence-corrected chi connectivity index (χ3v) is 2.56. The van der Waals surface area contributed by atoms with Gasteiger partial charge in [0.25, 0.3) is 0 Å². The zero-order valence-electron chi connectivity index (χ0n) is 9.82. The summed E-state index contributed by atoms with van der Waals surface area (Å²) in [6.45, 7) is 1.97. The maximum Gasteiger partial charge on any atom is 0.105 e. The van der Waals surface area contributed by atoms with Crippen molar-refractivity contribution in [2.45, 2.75) is 32.0 Å². The fourth-order valence-corrected chi connectivity index (χ4v) is 1.61. The highest BCUT2D eigenvalue weighted by molar-refractivity contribution is 5.24. The molecule has 0 fully saturated rings. The van der Waals surface area contributed by atoms with Gasteiger partial charge in [0.2, 0.25) is 0 Å². The van der Waals surface area contributed by atoms with Crippen molar-refractivity contribution in [2.24, 2.45) is 5.11 Å². The average Bonchev–Trinajstić information content (AvgIpc) is 2.36. The highest BCUT2D eigenvalue weighted by atomic mass is 16.3. The van der Waals surface area contributed by atoms with Crippen LogP contribution in [0.2, 0.25) is 0 Å². The minimum absolute atomic E-state index is 0.131. The van der Waals surface area contributed by atoms with Gasteiger partial charge in [-0.1, -0.05) is 42.7 Å². The summed E-state index contributed by atoms with van der Waals surface area (Å²) in [5, 5.41) is 22.6. The molecule has 1 aromatic rings. The van der Waals surface area contributed by atoms with Crippen LogP contribution in [-0.2, 0) is 6.42 Å². The Hall–Kier alpha value is -1.55. The van der Waals surface area contributed by atoms with Crippen LogP contribution in [0.25, 0.3) is 10.4 Å². The summed E-state index contributed by atoms with van der Waals surface area (Å²) < 4.78 is 0. The van der Waals surface area contributed by atoms with Crippen LogP contribution in [0.1, 0.15) is 30.6 Å². The molecule has 1 rings (SSSR count). The molecule has 17 heavy (non-hydrogen) atoms. The van der Waals surface area contributed by atoms with E-state index in [1.807, 2.05) is 12.1 Å². The second kappa shape index (κ2) is 6.91. The van der Waals surface area contributed by atoms with E-state index in [1.165, 1.54) is 5.56 Å². The van der Waals surface area contributed by atoms with Crippen LogP contribution < -0.4 is 0 Å². The third kappa shape index (κ3) is 4.07. The number of azide groups is 1. The number of aliphatic hydroxyl groups is 2. The summed E-state index contributed by atoms with van der Waals surface area (Å²) in [4.78, 5) is 2.54. The van der Waals surface area contributed by atoms with E-state index in [-0.39, 0.29) is 6.54 Å². The Morgan fingerprint density at radius 3 is 2.47 bits per heavy atom. The zero-order chi connectivity index (χ0) is 12.7. The molecule has 5 nitrogen and oxygen atoms in total. The van der Waals surface area contributed by atoms with Crippen molar-refractivity contribution in [1.82, 2.24) is 0 Å². The molecule has 0 saturated carbocycles. The number of rotatable bonds is 6. The lowest BCUT2D eigenvalue weighted by molar-refractivity contribution is 0.0244. The highest BCUT2D eigenvalue weighted by Crippen LogP contribution is 2.18. The van der Waals surface area contributed by atoms with Crippen molar-refractivity contribution in [3.63, 3.8) is 0 Å². The van der Waals surface area contributed by atoms with Crippen molar-refractivity contribution in [2.75, 3.05) is 6.54 Å². The molecule has 0 radical (unpaired) electrons. The van der Waals surface area contributed by atoms with E-state index >= 15 is 0 Å². The maximum absolute atomic E-state index is 9.80. The van der Waals surface area contributed by atoms with Gasteiger partial charge in [0.05, 0.1) is 12.6 Å². The van der Waals surface area contributed by atoms with E-state index in [0.717, 1.165) is 12.8 Å². The molecule has 0 heterocycles. The Kier molecular flexibility index (Phi) is 5.49. The summed E-state index contributed by atoms with van der Waals surface area (Å²) in [5.41, 5.74) is 9.96. The molecule has 0 saturated heterocycles. The molecule has 0 aliphatic heterocycles. The Balaban J connectivity index is 2.68. The molecule has 0 aliphatic rings. The second-order valence-electron chi connectivity index (χ2n) is 3.92. The van der Waals surface area contributed by atoms with Crippen molar-refractivity contribution in [1.29, 1.82) is 0 Å². The lowest BCUT2D eigenvalue weighted by atomic mass is 10.0. The molecule has 5 heteroatoms. The summed E-state index contributed by atoms with van der Waals surface area (Å²) in [5.74, 6) is 0. The third-order valence-electron chi connectivity index (χ3n) is 2.56. The van der Waals surface area contributed by atoms with Crippen molar-refractivity contribution >= 4 is 0 Å². The van der Waals surface area contributed by atoms with Gasteiger partial charge in [0.1, 0.15) is 6.10 Å². The van der Waals surface area contributed by atoms with Crippen molar-refractivity contribution in [3.8, 4) is 0 Å². The lowest BCUT2D eigenvalue weighted by Crippen LogP contribution is -2.21. The van der Waals surface area contributed by atoms with Gasteiger partial charge >= 0.3 is 0 Å². The van der Waals surface area contributed by atoms with E-state index in [1.54, 1.807) is 12.1 Å². The Morgan fingerprint density at radius 1 is 1.29 bits per heavy atom. The number of aliphatic hydroxyl groups excluding tert-OH is 2. The van der Waals surface area contributed by atoms with Crippen LogP contribution in [0.4, 0.5) is 0 Å². The average molecular weight is 235 g/mol. The van der Waals surface area contributed by atoms with Gasteiger partial charge < -0.3 is 10.2 Å². The van der Waals surface area contributed by atoms with E-state index in [0.29, 0.717) is 5.56 Å². The SMILES string of the molecule is CCCc1ccc(C(O)C(O)CN=[N+]=[N-])cc1. The normalized spacial score (nSPS) is 13.8. The van der Waals surface area contributed by atoms with Gasteiger partial charge in [-0.3, -0.25) is 0 Å². The highest BCUT2D eigenvalue weighted by Gasteiger charge is 2.17. The minimum atomic E-state index is -1.07. The molecular formula is C12H17N3O2. The Bertz CT molecular complexity index is 385.